The van der Waals surface area contributed by atoms with Crippen LogP contribution in [0.15, 0.2) is 24.3 Å². The van der Waals surface area contributed by atoms with Crippen molar-refractivity contribution in [3.05, 3.63) is 46.2 Å². The zero-order valence-electron chi connectivity index (χ0n) is 16.1. The first-order valence-corrected chi connectivity index (χ1v) is 10.2. The average Bonchev–Trinajstić information content (AvgIpc) is 3.30. The molecule has 1 saturated carbocycles. The van der Waals surface area contributed by atoms with Crippen molar-refractivity contribution in [1.29, 1.82) is 0 Å². The van der Waals surface area contributed by atoms with Crippen LogP contribution in [-0.2, 0) is 5.54 Å². The summed E-state index contributed by atoms with van der Waals surface area (Å²) in [5.74, 6) is -0.144. The van der Waals surface area contributed by atoms with Gasteiger partial charge in [0.25, 0.3) is 5.91 Å². The lowest BCUT2D eigenvalue weighted by molar-refractivity contribution is 0.0892. The van der Waals surface area contributed by atoms with E-state index in [0.717, 1.165) is 62.9 Å². The second-order valence-electron chi connectivity index (χ2n) is 7.70. The van der Waals surface area contributed by atoms with Crippen molar-refractivity contribution in [2.45, 2.75) is 57.0 Å². The van der Waals surface area contributed by atoms with E-state index in [9.17, 15) is 4.79 Å². The largest absolute Gasteiger partial charge is 0.341 e. The molecule has 0 bridgehead atoms. The Morgan fingerprint density at radius 1 is 1.29 bits per heavy atom. The number of amides is 1. The molecular weight excluding hydrogens is 397 g/mol. The van der Waals surface area contributed by atoms with Crippen LogP contribution in [0.25, 0.3) is 0 Å². The van der Waals surface area contributed by atoms with Gasteiger partial charge >= 0.3 is 0 Å². The fourth-order valence-corrected chi connectivity index (χ4v) is 4.67. The van der Waals surface area contributed by atoms with Crippen molar-refractivity contribution in [1.82, 2.24) is 25.6 Å². The van der Waals surface area contributed by atoms with Crippen LogP contribution in [0.3, 0.4) is 0 Å². The van der Waals surface area contributed by atoms with Crippen molar-refractivity contribution >= 4 is 29.9 Å². The van der Waals surface area contributed by atoms with Gasteiger partial charge in [0.15, 0.2) is 5.69 Å². The standard InChI is InChI=1S/C20H26ClN5O.ClH/c1-14-18(24-25-26(14)17-7-11-22-12-8-17)19(27)23-20(9-2-3-10-20)15-5-4-6-16(21)13-15;/h4-6,13,17,22H,2-3,7-12H2,1H3,(H,23,27);1H. The van der Waals surface area contributed by atoms with E-state index >= 15 is 0 Å². The van der Waals surface area contributed by atoms with Crippen molar-refractivity contribution in [3.8, 4) is 0 Å². The van der Waals surface area contributed by atoms with Crippen LogP contribution in [0.2, 0.25) is 5.02 Å². The molecule has 0 unspecified atom stereocenters. The predicted molar refractivity (Wildman–Crippen MR) is 112 cm³/mol. The third-order valence-corrected chi connectivity index (χ3v) is 6.22. The molecule has 4 rings (SSSR count). The Hall–Kier alpha value is -1.63. The molecule has 1 aliphatic carbocycles. The van der Waals surface area contributed by atoms with Gasteiger partial charge in [-0.2, -0.15) is 0 Å². The highest BCUT2D eigenvalue weighted by Gasteiger charge is 2.38. The van der Waals surface area contributed by atoms with Gasteiger partial charge < -0.3 is 10.6 Å². The van der Waals surface area contributed by atoms with Crippen LogP contribution < -0.4 is 10.6 Å². The lowest BCUT2D eigenvalue weighted by Crippen LogP contribution is -2.44. The van der Waals surface area contributed by atoms with Crippen molar-refractivity contribution < 1.29 is 4.79 Å². The Morgan fingerprint density at radius 3 is 2.68 bits per heavy atom. The van der Waals surface area contributed by atoms with Gasteiger partial charge in [-0.05, 0) is 63.4 Å². The van der Waals surface area contributed by atoms with Crippen LogP contribution in [0.1, 0.15) is 66.3 Å². The summed E-state index contributed by atoms with van der Waals surface area (Å²) in [6, 6.07) is 8.14. The maximum atomic E-state index is 13.1. The minimum atomic E-state index is -0.368. The molecule has 2 aliphatic rings. The van der Waals surface area contributed by atoms with Crippen molar-refractivity contribution in [2.24, 2.45) is 0 Å². The molecule has 1 aliphatic heterocycles. The summed E-state index contributed by atoms with van der Waals surface area (Å²) >= 11 is 6.21. The zero-order valence-corrected chi connectivity index (χ0v) is 17.7. The molecular formula is C20H27Cl2N5O. The third-order valence-electron chi connectivity index (χ3n) is 5.98. The number of nitrogens with zero attached hydrogens (tertiary/aromatic N) is 3. The maximum absolute atomic E-state index is 13.1. The fraction of sp³-hybridized carbons (Fsp3) is 0.550. The number of piperidine rings is 1. The van der Waals surface area contributed by atoms with Crippen molar-refractivity contribution in [3.63, 3.8) is 0 Å². The van der Waals surface area contributed by atoms with E-state index in [0.29, 0.717) is 16.8 Å². The first kappa shape index (κ1) is 21.1. The number of halogens is 2. The summed E-state index contributed by atoms with van der Waals surface area (Å²) in [7, 11) is 0. The van der Waals surface area contributed by atoms with Gasteiger partial charge in [0.1, 0.15) is 0 Å². The van der Waals surface area contributed by atoms with Crippen LogP contribution in [0.4, 0.5) is 0 Å². The highest BCUT2D eigenvalue weighted by atomic mass is 35.5. The number of aromatic nitrogens is 3. The fourth-order valence-electron chi connectivity index (χ4n) is 4.48. The Labute approximate surface area is 176 Å². The molecule has 1 amide bonds. The number of hydrogen-bond donors (Lipinski definition) is 2. The minimum Gasteiger partial charge on any atom is -0.341 e. The van der Waals surface area contributed by atoms with E-state index in [1.807, 2.05) is 29.8 Å². The van der Waals surface area contributed by atoms with Gasteiger partial charge in [-0.15, -0.1) is 17.5 Å². The van der Waals surface area contributed by atoms with Gasteiger partial charge in [-0.3, -0.25) is 4.79 Å². The van der Waals surface area contributed by atoms with E-state index in [-0.39, 0.29) is 23.9 Å². The van der Waals surface area contributed by atoms with Crippen LogP contribution in [0, 0.1) is 6.92 Å². The van der Waals surface area contributed by atoms with Gasteiger partial charge in [-0.25, -0.2) is 4.68 Å². The van der Waals surface area contributed by atoms with E-state index in [4.69, 9.17) is 11.6 Å². The molecule has 1 saturated heterocycles. The molecule has 6 nitrogen and oxygen atoms in total. The van der Waals surface area contributed by atoms with Gasteiger partial charge in [0.05, 0.1) is 17.3 Å². The molecule has 28 heavy (non-hydrogen) atoms. The van der Waals surface area contributed by atoms with Gasteiger partial charge in [-0.1, -0.05) is 41.8 Å². The Morgan fingerprint density at radius 2 is 2.00 bits per heavy atom. The molecule has 1 aromatic heterocycles. The predicted octanol–water partition coefficient (Wildman–Crippen LogP) is 3.79. The number of carbonyl (C=O) groups is 1. The molecule has 0 radical (unpaired) electrons. The number of benzene rings is 1. The average molecular weight is 424 g/mol. The molecule has 2 aromatic rings. The monoisotopic (exact) mass is 423 g/mol. The van der Waals surface area contributed by atoms with Crippen LogP contribution >= 0.6 is 24.0 Å². The number of nitrogens with one attached hydrogen (secondary N) is 2. The molecule has 0 atom stereocenters. The number of rotatable bonds is 4. The second kappa shape index (κ2) is 8.80. The Balaban J connectivity index is 0.00000225. The molecule has 2 fully saturated rings. The summed E-state index contributed by atoms with van der Waals surface area (Å²) in [4.78, 5) is 13.1. The number of carbonyl (C=O) groups excluding carboxylic acids is 1. The highest BCUT2D eigenvalue weighted by Crippen LogP contribution is 2.39. The molecule has 2 heterocycles. The van der Waals surface area contributed by atoms with E-state index in [1.54, 1.807) is 0 Å². The first-order valence-electron chi connectivity index (χ1n) is 9.80. The van der Waals surface area contributed by atoms with E-state index in [2.05, 4.69) is 27.0 Å². The lowest BCUT2D eigenvalue weighted by Gasteiger charge is -2.31. The first-order chi connectivity index (χ1) is 13.1. The summed E-state index contributed by atoms with van der Waals surface area (Å²) in [5.41, 5.74) is 1.98. The number of hydrogen-bond acceptors (Lipinski definition) is 4. The summed E-state index contributed by atoms with van der Waals surface area (Å²) in [6.07, 6.45) is 6.04. The van der Waals surface area contributed by atoms with E-state index in [1.165, 1.54) is 0 Å². The topological polar surface area (TPSA) is 71.8 Å². The van der Waals surface area contributed by atoms with Gasteiger partial charge in [0.2, 0.25) is 0 Å². The molecule has 152 valence electrons. The molecule has 2 N–H and O–H groups in total. The minimum absolute atomic E-state index is 0. The third kappa shape index (κ3) is 4.04. The SMILES string of the molecule is Cc1c(C(=O)NC2(c3cccc(Cl)c3)CCCC2)nnn1C1CCNCC1.Cl. The summed E-state index contributed by atoms with van der Waals surface area (Å²) in [6.45, 7) is 3.89. The lowest BCUT2D eigenvalue weighted by atomic mass is 9.88. The van der Waals surface area contributed by atoms with Crippen LogP contribution in [-0.4, -0.2) is 34.0 Å². The van der Waals surface area contributed by atoms with E-state index < -0.39 is 0 Å². The summed E-state index contributed by atoms with van der Waals surface area (Å²) in [5, 5.41) is 15.9. The summed E-state index contributed by atoms with van der Waals surface area (Å²) < 4.78 is 1.93. The van der Waals surface area contributed by atoms with Crippen molar-refractivity contribution in [2.75, 3.05) is 13.1 Å². The molecule has 8 heteroatoms. The maximum Gasteiger partial charge on any atom is 0.274 e. The van der Waals surface area contributed by atoms with Crippen LogP contribution in [0.5, 0.6) is 0 Å². The Kier molecular flexibility index (Phi) is 6.63. The smallest absolute Gasteiger partial charge is 0.274 e. The molecule has 0 spiro atoms. The molecule has 1 aromatic carbocycles. The second-order valence-corrected chi connectivity index (χ2v) is 8.14. The van der Waals surface area contributed by atoms with Gasteiger partial charge in [0, 0.05) is 5.02 Å². The normalized spacial score (nSPS) is 19.2. The quantitative estimate of drug-likeness (QED) is 0.784. The highest BCUT2D eigenvalue weighted by molar-refractivity contribution is 6.30. The Bertz CT molecular complexity index is 826. The zero-order chi connectivity index (χ0) is 18.9.